The molecule has 1 unspecified atom stereocenters. The maximum atomic E-state index is 11.6. The summed E-state index contributed by atoms with van der Waals surface area (Å²) in [6.07, 6.45) is 0. The average molecular weight is 256 g/mol. The molecule has 0 radical (unpaired) electrons. The van der Waals surface area contributed by atoms with Crippen molar-refractivity contribution in [2.24, 2.45) is 0 Å². The molecule has 0 aromatic carbocycles. The molecule has 1 heterocycles. The van der Waals surface area contributed by atoms with Crippen molar-refractivity contribution in [1.82, 2.24) is 9.55 Å². The molecule has 18 heavy (non-hydrogen) atoms. The first-order chi connectivity index (χ1) is 8.42. The highest BCUT2D eigenvalue weighted by Gasteiger charge is 2.18. The topological polar surface area (TPSA) is 119 Å². The number of esters is 1. The highest BCUT2D eigenvalue weighted by molar-refractivity contribution is 5.79. The molecule has 0 saturated carbocycles. The van der Waals surface area contributed by atoms with E-state index in [0.717, 1.165) is 0 Å². The van der Waals surface area contributed by atoms with E-state index in [1.807, 2.05) is 0 Å². The summed E-state index contributed by atoms with van der Waals surface area (Å²) >= 11 is 0. The molecule has 0 saturated heterocycles. The number of H-pyrrole nitrogens is 1. The van der Waals surface area contributed by atoms with Gasteiger partial charge in [0, 0.05) is 6.54 Å². The van der Waals surface area contributed by atoms with Gasteiger partial charge in [0.25, 0.3) is 5.56 Å². The first-order valence-electron chi connectivity index (χ1n) is 5.39. The first kappa shape index (κ1) is 13.8. The Kier molecular flexibility index (Phi) is 4.13. The van der Waals surface area contributed by atoms with E-state index in [0.29, 0.717) is 6.54 Å². The van der Waals surface area contributed by atoms with Gasteiger partial charge < -0.3 is 15.8 Å². The highest BCUT2D eigenvalue weighted by atomic mass is 16.5. The summed E-state index contributed by atoms with van der Waals surface area (Å²) in [4.78, 5) is 36.4. The van der Waals surface area contributed by atoms with Gasteiger partial charge in [-0.1, -0.05) is 0 Å². The lowest BCUT2D eigenvalue weighted by molar-refractivity contribution is -0.141. The first-order valence-corrected chi connectivity index (χ1v) is 5.39. The molecule has 0 amide bonds. The van der Waals surface area contributed by atoms with Crippen LogP contribution in [0.2, 0.25) is 0 Å². The lowest BCUT2D eigenvalue weighted by Crippen LogP contribution is -2.37. The van der Waals surface area contributed by atoms with Crippen molar-refractivity contribution in [2.45, 2.75) is 26.4 Å². The zero-order valence-electron chi connectivity index (χ0n) is 10.4. The molecule has 0 aliphatic heterocycles. The van der Waals surface area contributed by atoms with E-state index < -0.39 is 23.3 Å². The smallest absolute Gasteiger partial charge is 0.330 e. The Morgan fingerprint density at radius 1 is 1.56 bits per heavy atom. The SMILES string of the molecule is CCn1c(N)c(NC(C)C(=O)OC)c(=O)[nH]c1=O. The summed E-state index contributed by atoms with van der Waals surface area (Å²) in [6, 6.07) is -0.749. The van der Waals surface area contributed by atoms with Crippen LogP contribution in [0.25, 0.3) is 0 Å². The molecule has 0 aliphatic carbocycles. The fourth-order valence-electron chi connectivity index (χ4n) is 1.49. The predicted octanol–water partition coefficient (Wildman–Crippen LogP) is -0.888. The quantitative estimate of drug-likeness (QED) is 0.601. The van der Waals surface area contributed by atoms with Crippen molar-refractivity contribution in [3.8, 4) is 0 Å². The van der Waals surface area contributed by atoms with Crippen LogP contribution in [0.4, 0.5) is 11.5 Å². The Morgan fingerprint density at radius 2 is 2.17 bits per heavy atom. The Balaban J connectivity index is 3.22. The minimum Gasteiger partial charge on any atom is -0.467 e. The van der Waals surface area contributed by atoms with E-state index >= 15 is 0 Å². The minimum atomic E-state index is -0.749. The van der Waals surface area contributed by atoms with Gasteiger partial charge in [0.15, 0.2) is 0 Å². The third-order valence-electron chi connectivity index (χ3n) is 2.47. The van der Waals surface area contributed by atoms with Crippen LogP contribution in [-0.2, 0) is 16.1 Å². The second-order valence-corrected chi connectivity index (χ2v) is 3.65. The van der Waals surface area contributed by atoms with E-state index in [1.54, 1.807) is 6.92 Å². The third kappa shape index (κ3) is 2.53. The van der Waals surface area contributed by atoms with Gasteiger partial charge in [-0.15, -0.1) is 0 Å². The van der Waals surface area contributed by atoms with E-state index in [1.165, 1.54) is 18.6 Å². The molecule has 0 aliphatic rings. The number of aromatic nitrogens is 2. The summed E-state index contributed by atoms with van der Waals surface area (Å²) < 4.78 is 5.71. The number of nitrogens with zero attached hydrogens (tertiary/aromatic N) is 1. The fraction of sp³-hybridized carbons (Fsp3) is 0.500. The number of hydrogen-bond donors (Lipinski definition) is 3. The molecule has 0 bridgehead atoms. The monoisotopic (exact) mass is 256 g/mol. The molecule has 1 aromatic heterocycles. The predicted molar refractivity (Wildman–Crippen MR) is 66.5 cm³/mol. The summed E-state index contributed by atoms with van der Waals surface area (Å²) in [5, 5.41) is 2.63. The van der Waals surface area contributed by atoms with Crippen molar-refractivity contribution in [3.05, 3.63) is 20.8 Å². The molecular weight excluding hydrogens is 240 g/mol. The number of rotatable bonds is 4. The lowest BCUT2D eigenvalue weighted by atomic mass is 10.3. The third-order valence-corrected chi connectivity index (χ3v) is 2.47. The fourth-order valence-corrected chi connectivity index (χ4v) is 1.49. The molecule has 8 nitrogen and oxygen atoms in total. The van der Waals surface area contributed by atoms with Gasteiger partial charge >= 0.3 is 11.7 Å². The van der Waals surface area contributed by atoms with Gasteiger partial charge in [-0.05, 0) is 13.8 Å². The molecule has 1 rings (SSSR count). The van der Waals surface area contributed by atoms with E-state index in [2.05, 4.69) is 15.0 Å². The number of nitrogens with one attached hydrogen (secondary N) is 2. The van der Waals surface area contributed by atoms with Crippen molar-refractivity contribution in [1.29, 1.82) is 0 Å². The Hall–Kier alpha value is -2.25. The number of methoxy groups -OCH3 is 1. The number of aromatic amines is 1. The van der Waals surface area contributed by atoms with Crippen LogP contribution >= 0.6 is 0 Å². The van der Waals surface area contributed by atoms with Crippen molar-refractivity contribution >= 4 is 17.5 Å². The van der Waals surface area contributed by atoms with Crippen molar-refractivity contribution in [2.75, 3.05) is 18.2 Å². The number of carbonyl (C=O) groups excluding carboxylic acids is 1. The Bertz CT molecular complexity index is 560. The highest BCUT2D eigenvalue weighted by Crippen LogP contribution is 2.11. The van der Waals surface area contributed by atoms with Crippen LogP contribution in [0.5, 0.6) is 0 Å². The average Bonchev–Trinajstić information content (AvgIpc) is 2.33. The zero-order valence-corrected chi connectivity index (χ0v) is 10.4. The lowest BCUT2D eigenvalue weighted by Gasteiger charge is -2.15. The minimum absolute atomic E-state index is 0.0120. The zero-order chi connectivity index (χ0) is 13.9. The normalized spacial score (nSPS) is 11.9. The Morgan fingerprint density at radius 3 is 2.67 bits per heavy atom. The summed E-state index contributed by atoms with van der Waals surface area (Å²) in [5.41, 5.74) is 4.44. The van der Waals surface area contributed by atoms with Gasteiger partial charge in [0.05, 0.1) is 7.11 Å². The summed E-state index contributed by atoms with van der Waals surface area (Å²) in [6.45, 7) is 3.54. The number of carbonyl (C=O) groups is 1. The number of anilines is 2. The van der Waals surface area contributed by atoms with Crippen LogP contribution in [0, 0.1) is 0 Å². The standard InChI is InChI=1S/C10H16N4O4/c1-4-14-7(11)6(8(15)13-10(14)17)12-5(2)9(16)18-3/h5,12H,4,11H2,1-3H3,(H,13,15,17). The van der Waals surface area contributed by atoms with Gasteiger partial charge in [-0.3, -0.25) is 14.3 Å². The van der Waals surface area contributed by atoms with Crippen molar-refractivity contribution in [3.63, 3.8) is 0 Å². The maximum Gasteiger partial charge on any atom is 0.330 e. The van der Waals surface area contributed by atoms with Gasteiger partial charge in [0.1, 0.15) is 17.5 Å². The van der Waals surface area contributed by atoms with Crippen LogP contribution < -0.4 is 22.3 Å². The van der Waals surface area contributed by atoms with E-state index in [-0.39, 0.29) is 11.5 Å². The summed E-state index contributed by atoms with van der Waals surface area (Å²) in [7, 11) is 1.24. The van der Waals surface area contributed by atoms with Gasteiger partial charge in [-0.2, -0.15) is 0 Å². The molecule has 4 N–H and O–H groups in total. The molecule has 100 valence electrons. The van der Waals surface area contributed by atoms with E-state index in [9.17, 15) is 14.4 Å². The number of nitrogens with two attached hydrogens (primary N) is 1. The van der Waals surface area contributed by atoms with Gasteiger partial charge in [-0.25, -0.2) is 9.59 Å². The molecule has 0 fully saturated rings. The van der Waals surface area contributed by atoms with Crippen LogP contribution in [0.1, 0.15) is 13.8 Å². The molecular formula is C10H16N4O4. The van der Waals surface area contributed by atoms with Crippen LogP contribution in [-0.4, -0.2) is 28.7 Å². The maximum absolute atomic E-state index is 11.6. The molecule has 8 heteroatoms. The second-order valence-electron chi connectivity index (χ2n) is 3.65. The van der Waals surface area contributed by atoms with Crippen LogP contribution in [0.15, 0.2) is 9.59 Å². The number of ether oxygens (including phenoxy) is 1. The van der Waals surface area contributed by atoms with Crippen LogP contribution in [0.3, 0.4) is 0 Å². The molecule has 1 aromatic rings. The molecule has 0 spiro atoms. The molecule has 1 atom stereocenters. The van der Waals surface area contributed by atoms with Gasteiger partial charge in [0.2, 0.25) is 0 Å². The van der Waals surface area contributed by atoms with Crippen molar-refractivity contribution < 1.29 is 9.53 Å². The largest absolute Gasteiger partial charge is 0.467 e. The second kappa shape index (κ2) is 5.39. The summed E-state index contributed by atoms with van der Waals surface area (Å²) in [5.74, 6) is -0.551. The Labute approximate surface area is 103 Å². The number of nitrogen functional groups attached to an aromatic ring is 1. The number of hydrogen-bond acceptors (Lipinski definition) is 6. The van der Waals surface area contributed by atoms with E-state index in [4.69, 9.17) is 5.73 Å².